The molecule has 12 heavy (non-hydrogen) atoms. The van der Waals surface area contributed by atoms with Gasteiger partial charge in [0.2, 0.25) is 0 Å². The molecule has 7 nitrogen and oxygen atoms in total. The van der Waals surface area contributed by atoms with Gasteiger partial charge in [0.05, 0.1) is 12.8 Å². The van der Waals surface area contributed by atoms with Crippen LogP contribution in [0.15, 0.2) is 0 Å². The third-order valence-corrected chi connectivity index (χ3v) is 0.553. The minimum absolute atomic E-state index is 0.296. The maximum Gasteiger partial charge on any atom is 0.303 e. The van der Waals surface area contributed by atoms with Crippen LogP contribution in [-0.2, 0) is 9.59 Å². The van der Waals surface area contributed by atoms with Gasteiger partial charge in [-0.25, -0.2) is 0 Å². The maximum atomic E-state index is 9.64. The fourth-order valence-corrected chi connectivity index (χ4v) is 0.214. The molecule has 0 bridgehead atoms. The quantitative estimate of drug-likeness (QED) is 0.319. The Morgan fingerprint density at radius 1 is 1.08 bits per heavy atom. The van der Waals surface area contributed by atoms with E-state index >= 15 is 0 Å². The van der Waals surface area contributed by atoms with Crippen molar-refractivity contribution >= 4 is 11.9 Å². The molecular weight excluding hydrogens is 168 g/mol. The molecule has 0 aliphatic carbocycles. The van der Waals surface area contributed by atoms with Crippen molar-refractivity contribution in [3.05, 3.63) is 0 Å². The zero-order chi connectivity index (χ0) is 10.1. The van der Waals surface area contributed by atoms with Crippen LogP contribution in [-0.4, -0.2) is 33.6 Å². The lowest BCUT2D eigenvalue weighted by Crippen LogP contribution is -2.28. The molecule has 0 spiro atoms. The molecule has 0 fully saturated rings. The molecule has 0 radical (unpaired) electrons. The smallest absolute Gasteiger partial charge is 0.303 e. The van der Waals surface area contributed by atoms with Crippen LogP contribution in [0.25, 0.3) is 0 Å². The normalized spacial score (nSPS) is 8.67. The Kier molecular flexibility index (Phi) is 8.85. The summed E-state index contributed by atoms with van der Waals surface area (Å²) in [4.78, 5) is 19.3. The van der Waals surface area contributed by atoms with Gasteiger partial charge in [0.15, 0.2) is 6.35 Å². The van der Waals surface area contributed by atoms with Crippen LogP contribution < -0.4 is 11.5 Å². The summed E-state index contributed by atoms with van der Waals surface area (Å²) >= 11 is 0. The van der Waals surface area contributed by atoms with E-state index in [1.165, 1.54) is 0 Å². The summed E-state index contributed by atoms with van der Waals surface area (Å²) in [6.45, 7) is 0. The Bertz CT molecular complexity index is 130. The number of aliphatic hydroxyl groups is 1. The monoisotopic (exact) mass is 180 g/mol. The molecule has 0 aliphatic rings. The highest BCUT2D eigenvalue weighted by atomic mass is 16.4. The van der Waals surface area contributed by atoms with Crippen molar-refractivity contribution in [3.63, 3.8) is 0 Å². The van der Waals surface area contributed by atoms with Crippen molar-refractivity contribution in [1.29, 1.82) is 0 Å². The van der Waals surface area contributed by atoms with Crippen molar-refractivity contribution in [2.45, 2.75) is 19.2 Å². The van der Waals surface area contributed by atoms with Crippen LogP contribution in [0, 0.1) is 0 Å². The molecule has 0 unspecified atom stereocenters. The summed E-state index contributed by atoms with van der Waals surface area (Å²) in [6, 6.07) is 0. The van der Waals surface area contributed by atoms with Crippen LogP contribution in [0.4, 0.5) is 0 Å². The van der Waals surface area contributed by atoms with Crippen LogP contribution >= 0.6 is 0 Å². The van der Waals surface area contributed by atoms with Gasteiger partial charge in [0.25, 0.3) is 0 Å². The van der Waals surface area contributed by atoms with Crippen LogP contribution in [0.2, 0.25) is 0 Å². The van der Waals surface area contributed by atoms with Gasteiger partial charge in [-0.3, -0.25) is 21.1 Å². The molecule has 72 valence electrons. The fourth-order valence-electron chi connectivity index (χ4n) is 0.214. The lowest BCUT2D eigenvalue weighted by atomic mass is 10.3. The first-order chi connectivity index (χ1) is 5.36. The predicted octanol–water partition coefficient (Wildman–Crippen LogP) is -1.88. The molecule has 0 saturated carbocycles. The fraction of sp³-hybridized carbons (Fsp3) is 0.600. The van der Waals surface area contributed by atoms with E-state index in [0.717, 1.165) is 0 Å². The van der Waals surface area contributed by atoms with E-state index < -0.39 is 18.3 Å². The van der Waals surface area contributed by atoms with Gasteiger partial charge in [-0.2, -0.15) is 0 Å². The van der Waals surface area contributed by atoms with Crippen molar-refractivity contribution in [3.8, 4) is 0 Å². The van der Waals surface area contributed by atoms with E-state index in [0.29, 0.717) is 0 Å². The molecule has 0 aromatic carbocycles. The van der Waals surface area contributed by atoms with Crippen molar-refractivity contribution < 1.29 is 24.9 Å². The molecule has 0 aliphatic heterocycles. The number of rotatable bonds is 3. The molecule has 0 amide bonds. The third kappa shape index (κ3) is 37.0. The molecule has 0 aromatic heterocycles. The maximum absolute atomic E-state index is 9.64. The van der Waals surface area contributed by atoms with Crippen molar-refractivity contribution in [2.75, 3.05) is 0 Å². The standard InChI is InChI=1S/C4H6O4.CH6N2O/c5-3(6)1-2-4(7)8;2-1(3)4/h1-2H2,(H,5,6)(H,7,8);1,4H,2-3H2. The minimum atomic E-state index is -1.17. The van der Waals surface area contributed by atoms with Crippen LogP contribution in [0.3, 0.4) is 0 Å². The van der Waals surface area contributed by atoms with Crippen LogP contribution in [0.1, 0.15) is 12.8 Å². The van der Waals surface area contributed by atoms with E-state index in [1.807, 2.05) is 0 Å². The van der Waals surface area contributed by atoms with Gasteiger partial charge in [0.1, 0.15) is 0 Å². The Labute approximate surface area is 68.6 Å². The highest BCUT2D eigenvalue weighted by Gasteiger charge is 2.00. The lowest BCUT2D eigenvalue weighted by Gasteiger charge is -1.85. The van der Waals surface area contributed by atoms with Gasteiger partial charge in [0, 0.05) is 0 Å². The second kappa shape index (κ2) is 7.92. The number of carboxylic acids is 2. The van der Waals surface area contributed by atoms with E-state index in [2.05, 4.69) is 11.5 Å². The largest absolute Gasteiger partial charge is 0.481 e. The first kappa shape index (κ1) is 13.4. The summed E-state index contributed by atoms with van der Waals surface area (Å²) < 4.78 is 0. The summed E-state index contributed by atoms with van der Waals surface area (Å²) in [5.74, 6) is -2.15. The third-order valence-electron chi connectivity index (χ3n) is 0.553. The average molecular weight is 180 g/mol. The van der Waals surface area contributed by atoms with E-state index in [-0.39, 0.29) is 12.8 Å². The Morgan fingerprint density at radius 2 is 1.25 bits per heavy atom. The molecule has 7 heteroatoms. The number of hydrogen-bond acceptors (Lipinski definition) is 5. The Morgan fingerprint density at radius 3 is 1.33 bits per heavy atom. The first-order valence-corrected chi connectivity index (χ1v) is 2.99. The van der Waals surface area contributed by atoms with Crippen molar-refractivity contribution in [1.82, 2.24) is 0 Å². The minimum Gasteiger partial charge on any atom is -0.481 e. The molecule has 0 rings (SSSR count). The summed E-state index contributed by atoms with van der Waals surface area (Å²) in [6.07, 6.45) is -1.76. The zero-order valence-electron chi connectivity index (χ0n) is 6.30. The highest BCUT2D eigenvalue weighted by molar-refractivity contribution is 5.75. The Hall–Kier alpha value is -1.18. The van der Waals surface area contributed by atoms with E-state index in [9.17, 15) is 9.59 Å². The van der Waals surface area contributed by atoms with Gasteiger partial charge in [-0.15, -0.1) is 0 Å². The summed E-state index contributed by atoms with van der Waals surface area (Å²) in [7, 11) is 0. The van der Waals surface area contributed by atoms with Gasteiger partial charge < -0.3 is 15.3 Å². The van der Waals surface area contributed by atoms with Gasteiger partial charge in [-0.05, 0) is 0 Å². The number of hydrogen-bond donors (Lipinski definition) is 5. The lowest BCUT2D eigenvalue weighted by molar-refractivity contribution is -0.143. The number of carboxylic acid groups (broad SMARTS) is 2. The van der Waals surface area contributed by atoms with Gasteiger partial charge in [-0.1, -0.05) is 0 Å². The number of aliphatic carboxylic acids is 2. The second-order valence-corrected chi connectivity index (χ2v) is 1.78. The molecule has 0 saturated heterocycles. The summed E-state index contributed by atoms with van der Waals surface area (Å²) in [5, 5.41) is 23.4. The SMILES string of the molecule is NC(N)O.O=C(O)CCC(=O)O. The molecule has 0 heterocycles. The van der Waals surface area contributed by atoms with Crippen molar-refractivity contribution in [2.24, 2.45) is 11.5 Å². The first-order valence-electron chi connectivity index (χ1n) is 2.99. The Balaban J connectivity index is 0. The topological polar surface area (TPSA) is 147 Å². The number of nitrogens with two attached hydrogens (primary N) is 2. The zero-order valence-corrected chi connectivity index (χ0v) is 6.30. The van der Waals surface area contributed by atoms with E-state index in [4.69, 9.17) is 15.3 Å². The molecule has 0 aromatic rings. The average Bonchev–Trinajstić information content (AvgIpc) is 1.82. The molecular formula is C5H12N2O5. The number of aliphatic hydroxyl groups excluding tert-OH is 1. The highest BCUT2D eigenvalue weighted by Crippen LogP contribution is 1.85. The predicted molar refractivity (Wildman–Crippen MR) is 38.9 cm³/mol. The molecule has 0 atom stereocenters. The molecule has 7 N–H and O–H groups in total. The van der Waals surface area contributed by atoms with E-state index in [1.54, 1.807) is 0 Å². The van der Waals surface area contributed by atoms with Crippen LogP contribution in [0.5, 0.6) is 0 Å². The number of carbonyl (C=O) groups is 2. The second-order valence-electron chi connectivity index (χ2n) is 1.78. The van der Waals surface area contributed by atoms with Gasteiger partial charge >= 0.3 is 11.9 Å². The summed E-state index contributed by atoms with van der Waals surface area (Å²) in [5.41, 5.74) is 8.89.